The zero-order valence-corrected chi connectivity index (χ0v) is 35.7. The van der Waals surface area contributed by atoms with E-state index >= 15 is 0 Å². The molecule has 6 N–H and O–H groups in total. The number of nitrogens with zero attached hydrogens (tertiary/aromatic N) is 2. The van der Waals surface area contributed by atoms with Crippen molar-refractivity contribution in [3.05, 3.63) is 131 Å². The van der Waals surface area contributed by atoms with Crippen molar-refractivity contribution in [3.63, 3.8) is 0 Å². The lowest BCUT2D eigenvalue weighted by Crippen LogP contribution is -2.54. The number of piperidine rings is 2. The van der Waals surface area contributed by atoms with Crippen LogP contribution in [0.15, 0.2) is 108 Å². The Hall–Kier alpha value is -7.62. The van der Waals surface area contributed by atoms with E-state index in [-0.39, 0.29) is 59.7 Å². The van der Waals surface area contributed by atoms with Crippen molar-refractivity contribution < 1.29 is 38.3 Å². The summed E-state index contributed by atoms with van der Waals surface area (Å²) >= 11 is 0. The molecule has 0 aromatic heterocycles. The molecule has 4 aromatic carbocycles. The van der Waals surface area contributed by atoms with Crippen LogP contribution in [-0.2, 0) is 30.4 Å². The fraction of sp³-hybridized carbons (Fsp3) is 0.306. The molecule has 334 valence electrons. The Morgan fingerprint density at radius 2 is 1.52 bits per heavy atom. The molecule has 0 spiro atoms. The molecule has 4 aliphatic heterocycles. The molecule has 3 fully saturated rings. The monoisotopic (exact) mass is 878 g/mol. The number of ether oxygens (including phenoxy) is 1. The minimum absolute atomic E-state index is 0.0304. The highest BCUT2D eigenvalue weighted by atomic mass is 16.5. The minimum atomic E-state index is -1.06. The fourth-order valence-electron chi connectivity index (χ4n) is 8.78. The first kappa shape index (κ1) is 44.0. The molecule has 0 aliphatic carbocycles. The van der Waals surface area contributed by atoms with E-state index in [9.17, 15) is 33.6 Å². The van der Waals surface area contributed by atoms with Crippen molar-refractivity contribution >= 4 is 58.8 Å². The Kier molecular flexibility index (Phi) is 13.4. The summed E-state index contributed by atoms with van der Waals surface area (Å²) in [7, 11) is 0. The molecule has 4 heterocycles. The summed E-state index contributed by atoms with van der Waals surface area (Å²) < 4.78 is 5.88. The van der Waals surface area contributed by atoms with Crippen molar-refractivity contribution in [2.45, 2.75) is 63.5 Å². The van der Waals surface area contributed by atoms with Crippen LogP contribution in [-0.4, -0.2) is 95.5 Å². The highest BCUT2D eigenvalue weighted by molar-refractivity contribution is 6.24. The van der Waals surface area contributed by atoms with Gasteiger partial charge < -0.3 is 30.9 Å². The highest BCUT2D eigenvalue weighted by Gasteiger charge is 2.44. The second-order valence-electron chi connectivity index (χ2n) is 16.6. The number of carbonyl (C=O) groups is 7. The lowest BCUT2D eigenvalue weighted by atomic mass is 9.86. The van der Waals surface area contributed by atoms with Gasteiger partial charge in [0.1, 0.15) is 23.4 Å². The summed E-state index contributed by atoms with van der Waals surface area (Å²) in [5.41, 5.74) is 3.34. The van der Waals surface area contributed by atoms with Crippen LogP contribution in [0.5, 0.6) is 11.5 Å². The minimum Gasteiger partial charge on any atom is -0.457 e. The van der Waals surface area contributed by atoms with Gasteiger partial charge in [-0.05, 0) is 117 Å². The summed E-state index contributed by atoms with van der Waals surface area (Å²) in [4.78, 5) is 91.1. The number of aryl methyl sites for hydroxylation is 1. The first-order valence-electron chi connectivity index (χ1n) is 21.9. The number of hydrogen-bond donors (Lipinski definition) is 6. The highest BCUT2D eigenvalue weighted by Crippen LogP contribution is 2.30. The molecule has 8 rings (SSSR count). The smallest absolute Gasteiger partial charge is 0.262 e. The van der Waals surface area contributed by atoms with E-state index < -0.39 is 29.7 Å². The van der Waals surface area contributed by atoms with E-state index in [1.54, 1.807) is 42.5 Å². The number of imide groups is 2. The SMILES string of the molecule is N=C(/C(C=O)=C1/NCC[C@@H](C2CCN(C(=O)CCCc3ccc(NC(=O)CNc4ccc5c(c4)C(=O)N(C4CCC(=O)NC4=O)C5=O)cc3)CC2)N1)c1ccc(Oc2ccccc2)cc1. The Bertz CT molecular complexity index is 2530. The molecular weight excluding hydrogens is 829 g/mol. The number of aldehydes is 1. The van der Waals surface area contributed by atoms with E-state index in [0.717, 1.165) is 36.0 Å². The average molecular weight is 879 g/mol. The number of hydrogen-bond acceptors (Lipinski definition) is 12. The Morgan fingerprint density at radius 3 is 2.25 bits per heavy atom. The summed E-state index contributed by atoms with van der Waals surface area (Å²) in [6, 6.07) is 27.6. The molecule has 0 bridgehead atoms. The molecule has 65 heavy (non-hydrogen) atoms. The normalized spacial score (nSPS) is 19.3. The van der Waals surface area contributed by atoms with E-state index in [2.05, 4.69) is 26.6 Å². The molecule has 16 heteroatoms. The topological polar surface area (TPSA) is 219 Å². The largest absolute Gasteiger partial charge is 0.457 e. The lowest BCUT2D eigenvalue weighted by Gasteiger charge is -2.39. The number of amides is 6. The first-order chi connectivity index (χ1) is 31.5. The number of benzene rings is 4. The maximum absolute atomic E-state index is 13.2. The number of carbonyl (C=O) groups excluding carboxylic acids is 7. The zero-order chi connectivity index (χ0) is 45.5. The molecule has 0 saturated carbocycles. The van der Waals surface area contributed by atoms with Gasteiger partial charge >= 0.3 is 0 Å². The van der Waals surface area contributed by atoms with Gasteiger partial charge in [0.2, 0.25) is 23.6 Å². The predicted molar refractivity (Wildman–Crippen MR) is 241 cm³/mol. The number of nitrogens with one attached hydrogen (secondary N) is 6. The van der Waals surface area contributed by atoms with Crippen LogP contribution < -0.4 is 31.3 Å². The second-order valence-corrected chi connectivity index (χ2v) is 16.6. The number of allylic oxidation sites excluding steroid dienone is 1. The van der Waals surface area contributed by atoms with Crippen LogP contribution in [0.4, 0.5) is 11.4 Å². The Labute approximate surface area is 375 Å². The molecular formula is C49H50N8O8. The van der Waals surface area contributed by atoms with Crippen LogP contribution in [0.1, 0.15) is 76.8 Å². The van der Waals surface area contributed by atoms with Crippen molar-refractivity contribution in [2.75, 3.05) is 36.8 Å². The van der Waals surface area contributed by atoms with Gasteiger partial charge in [-0.2, -0.15) is 0 Å². The van der Waals surface area contributed by atoms with E-state index in [1.807, 2.05) is 47.4 Å². The van der Waals surface area contributed by atoms with Crippen LogP contribution in [0.2, 0.25) is 0 Å². The molecule has 1 unspecified atom stereocenters. The molecule has 4 aliphatic rings. The summed E-state index contributed by atoms with van der Waals surface area (Å²) in [5, 5.41) is 23.6. The van der Waals surface area contributed by atoms with Crippen molar-refractivity contribution in [2.24, 2.45) is 5.92 Å². The Morgan fingerprint density at radius 1 is 0.815 bits per heavy atom. The van der Waals surface area contributed by atoms with Crippen LogP contribution in [0.3, 0.4) is 0 Å². The predicted octanol–water partition coefficient (Wildman–Crippen LogP) is 4.92. The first-order valence-corrected chi connectivity index (χ1v) is 21.9. The summed E-state index contributed by atoms with van der Waals surface area (Å²) in [6.07, 6.45) is 5.18. The van der Waals surface area contributed by atoms with Gasteiger partial charge in [-0.15, -0.1) is 0 Å². The van der Waals surface area contributed by atoms with Crippen LogP contribution >= 0.6 is 0 Å². The van der Waals surface area contributed by atoms with Crippen molar-refractivity contribution in [3.8, 4) is 11.5 Å². The molecule has 16 nitrogen and oxygen atoms in total. The third-order valence-electron chi connectivity index (χ3n) is 12.3. The third-order valence-corrected chi connectivity index (χ3v) is 12.3. The Balaban J connectivity index is 0.744. The molecule has 0 radical (unpaired) electrons. The van der Waals surface area contributed by atoms with E-state index in [1.165, 1.54) is 12.1 Å². The van der Waals surface area contributed by atoms with Gasteiger partial charge in [0.05, 0.1) is 29.0 Å². The quantitative estimate of drug-likeness (QED) is 0.0408. The van der Waals surface area contributed by atoms with Crippen LogP contribution in [0, 0.1) is 11.3 Å². The molecule has 2 atom stereocenters. The molecule has 6 amide bonds. The van der Waals surface area contributed by atoms with Gasteiger partial charge in [0, 0.05) is 55.5 Å². The van der Waals surface area contributed by atoms with Gasteiger partial charge in [-0.3, -0.25) is 49.2 Å². The summed E-state index contributed by atoms with van der Waals surface area (Å²) in [6.45, 7) is 1.89. The lowest BCUT2D eigenvalue weighted by molar-refractivity contribution is -0.136. The molecule has 4 aromatic rings. The second kappa shape index (κ2) is 19.8. The van der Waals surface area contributed by atoms with Gasteiger partial charge in [0.25, 0.3) is 11.8 Å². The maximum atomic E-state index is 13.2. The van der Waals surface area contributed by atoms with Gasteiger partial charge in [-0.1, -0.05) is 30.3 Å². The number of fused-ring (bicyclic) bond motifs is 1. The fourth-order valence-corrected chi connectivity index (χ4v) is 8.78. The standard InChI is InChI=1S/C49H50N8O8/c50-45(32-11-16-36(17-12-32)65-35-6-2-1-3-7-35)39(29-58)46-51-24-21-40(54-46)31-22-25-56(26-23-31)44(61)8-4-5-30-9-13-33(14-10-30)53-43(60)28-52-34-15-18-37-38(27-34)49(64)57(48(37)63)41-19-20-42(59)55-47(41)62/h1-3,6-7,9-18,27,29,31,40-41,50-52,54H,4-5,8,19-26,28H2,(H,53,60)(H,55,59,62)/b46-39-,50-45?/t40-,41?/m0/s1. The number of rotatable bonds is 15. The number of anilines is 2. The third kappa shape index (κ3) is 10.3. The van der Waals surface area contributed by atoms with E-state index in [0.29, 0.717) is 79.1 Å². The van der Waals surface area contributed by atoms with E-state index in [4.69, 9.17) is 10.1 Å². The number of likely N-dealkylation sites (tertiary alicyclic amines) is 1. The number of para-hydroxylation sites is 1. The maximum Gasteiger partial charge on any atom is 0.262 e. The van der Waals surface area contributed by atoms with Gasteiger partial charge in [-0.25, -0.2) is 0 Å². The van der Waals surface area contributed by atoms with Crippen LogP contribution in [0.25, 0.3) is 0 Å². The molecule has 3 saturated heterocycles. The van der Waals surface area contributed by atoms with Crippen molar-refractivity contribution in [1.29, 1.82) is 5.41 Å². The average Bonchev–Trinajstić information content (AvgIpc) is 3.57. The zero-order valence-electron chi connectivity index (χ0n) is 35.7. The summed E-state index contributed by atoms with van der Waals surface area (Å²) in [5.74, 6) is -0.328. The van der Waals surface area contributed by atoms with Gasteiger partial charge in [0.15, 0.2) is 6.29 Å². The van der Waals surface area contributed by atoms with Crippen molar-refractivity contribution in [1.82, 2.24) is 25.8 Å².